The third-order valence-corrected chi connectivity index (χ3v) is 5.53. The molecule has 4 rings (SSSR count). The molecule has 0 aromatic carbocycles. The summed E-state index contributed by atoms with van der Waals surface area (Å²) in [5.41, 5.74) is 5.04. The number of nitrogens with two attached hydrogens (primary N) is 1. The number of aryl methyl sites for hydroxylation is 2. The van der Waals surface area contributed by atoms with Gasteiger partial charge in [0, 0.05) is 18.0 Å². The molecule has 4 heterocycles. The molecule has 0 bridgehead atoms. The molecule has 4 aromatic heterocycles. The fourth-order valence-electron chi connectivity index (χ4n) is 3.16. The molecule has 3 N–H and O–H groups in total. The van der Waals surface area contributed by atoms with Crippen LogP contribution in [0.4, 0.5) is 18.9 Å². The zero-order chi connectivity index (χ0) is 22.5. The summed E-state index contributed by atoms with van der Waals surface area (Å²) < 4.78 is 46.9. The van der Waals surface area contributed by atoms with Crippen LogP contribution in [0.1, 0.15) is 31.5 Å². The highest BCUT2D eigenvalue weighted by Gasteiger charge is 2.35. The summed E-state index contributed by atoms with van der Waals surface area (Å²) in [6.07, 6.45) is -3.44. The van der Waals surface area contributed by atoms with Crippen LogP contribution in [0.25, 0.3) is 21.5 Å². The van der Waals surface area contributed by atoms with Gasteiger partial charge in [-0.05, 0) is 31.2 Å². The Hall–Kier alpha value is -3.67. The van der Waals surface area contributed by atoms with Crippen LogP contribution in [0.5, 0.6) is 0 Å². The molecular formula is C19H14F3N5O3S. The number of halogens is 3. The van der Waals surface area contributed by atoms with Crippen LogP contribution in [-0.4, -0.2) is 26.6 Å². The van der Waals surface area contributed by atoms with E-state index < -0.39 is 23.7 Å². The molecule has 0 saturated carbocycles. The van der Waals surface area contributed by atoms with Crippen LogP contribution in [0, 0.1) is 6.92 Å². The Morgan fingerprint density at radius 2 is 2.03 bits per heavy atom. The molecule has 0 radical (unpaired) electrons. The Labute approximate surface area is 176 Å². The lowest BCUT2D eigenvalue weighted by molar-refractivity contribution is -0.140. The van der Waals surface area contributed by atoms with Gasteiger partial charge in [0.05, 0.1) is 17.6 Å². The maximum Gasteiger partial charge on any atom is 0.433 e. The van der Waals surface area contributed by atoms with E-state index in [2.05, 4.69) is 15.4 Å². The molecule has 2 amide bonds. The number of aromatic nitrogens is 3. The predicted molar refractivity (Wildman–Crippen MR) is 107 cm³/mol. The Kier molecular flexibility index (Phi) is 4.81. The number of fused-ring (bicyclic) bond motifs is 1. The van der Waals surface area contributed by atoms with Gasteiger partial charge in [-0.3, -0.25) is 14.3 Å². The van der Waals surface area contributed by atoms with Gasteiger partial charge in [-0.2, -0.15) is 18.3 Å². The number of nitrogens with one attached hydrogen (secondary N) is 1. The monoisotopic (exact) mass is 449 g/mol. The molecule has 12 heteroatoms. The Morgan fingerprint density at radius 3 is 2.58 bits per heavy atom. The largest absolute Gasteiger partial charge is 0.464 e. The van der Waals surface area contributed by atoms with Crippen molar-refractivity contribution >= 4 is 39.1 Å². The Balaban J connectivity index is 1.97. The number of thiophene rings is 1. The number of amides is 2. The predicted octanol–water partition coefficient (Wildman–Crippen LogP) is 3.97. The maximum atomic E-state index is 13.4. The van der Waals surface area contributed by atoms with Gasteiger partial charge in [-0.25, -0.2) is 4.98 Å². The highest BCUT2D eigenvalue weighted by Crippen LogP contribution is 2.43. The first-order valence-electron chi connectivity index (χ1n) is 8.76. The molecule has 160 valence electrons. The van der Waals surface area contributed by atoms with Crippen LogP contribution in [0.3, 0.4) is 0 Å². The molecular weight excluding hydrogens is 435 g/mol. The van der Waals surface area contributed by atoms with Crippen molar-refractivity contribution in [2.45, 2.75) is 13.1 Å². The van der Waals surface area contributed by atoms with E-state index in [9.17, 15) is 22.8 Å². The van der Waals surface area contributed by atoms with E-state index in [-0.39, 0.29) is 37.8 Å². The lowest BCUT2D eigenvalue weighted by Gasteiger charge is -2.11. The van der Waals surface area contributed by atoms with E-state index in [0.717, 1.165) is 6.07 Å². The normalized spacial score (nSPS) is 11.8. The average molecular weight is 449 g/mol. The SMILES string of the molecule is Cc1cc(C(=O)Nc2c(C(N)=O)sc3nc(C(F)(F)F)cc(-c4ccco4)c23)n(C)n1. The van der Waals surface area contributed by atoms with Crippen molar-refractivity contribution in [1.82, 2.24) is 14.8 Å². The minimum absolute atomic E-state index is 0.0163. The minimum atomic E-state index is -4.73. The Bertz CT molecular complexity index is 1320. The number of hydrogen-bond acceptors (Lipinski definition) is 6. The molecule has 0 aliphatic rings. The summed E-state index contributed by atoms with van der Waals surface area (Å²) in [6.45, 7) is 1.70. The fraction of sp³-hybridized carbons (Fsp3) is 0.158. The fourth-order valence-corrected chi connectivity index (χ4v) is 4.17. The second-order valence-electron chi connectivity index (χ2n) is 6.63. The van der Waals surface area contributed by atoms with E-state index in [1.807, 2.05) is 0 Å². The quantitative estimate of drug-likeness (QED) is 0.489. The molecule has 0 spiro atoms. The third kappa shape index (κ3) is 3.65. The standard InChI is InChI=1S/C19H14F3N5O3S/c1-8-6-10(27(2)26-8)17(29)25-14-13-9(11-4-3-5-30-11)7-12(19(20,21)22)24-18(13)31-15(14)16(23)28/h3-7H,1-2H3,(H2,23,28)(H,25,29). The number of carbonyl (C=O) groups is 2. The molecule has 4 aromatic rings. The molecule has 0 atom stereocenters. The molecule has 0 aliphatic carbocycles. The number of anilines is 1. The first-order valence-corrected chi connectivity index (χ1v) is 9.58. The van der Waals surface area contributed by atoms with Crippen molar-refractivity contribution in [3.63, 3.8) is 0 Å². The van der Waals surface area contributed by atoms with Crippen molar-refractivity contribution in [3.05, 3.63) is 52.5 Å². The van der Waals surface area contributed by atoms with Gasteiger partial charge in [-0.15, -0.1) is 11.3 Å². The highest BCUT2D eigenvalue weighted by molar-refractivity contribution is 7.21. The summed E-state index contributed by atoms with van der Waals surface area (Å²) in [5, 5.41) is 6.80. The van der Waals surface area contributed by atoms with E-state index in [0.29, 0.717) is 17.0 Å². The van der Waals surface area contributed by atoms with E-state index in [1.165, 1.54) is 29.1 Å². The van der Waals surface area contributed by atoms with Crippen LogP contribution in [-0.2, 0) is 13.2 Å². The van der Waals surface area contributed by atoms with Crippen molar-refractivity contribution in [2.75, 3.05) is 5.32 Å². The van der Waals surface area contributed by atoms with E-state index in [1.54, 1.807) is 14.0 Å². The molecule has 0 saturated heterocycles. The average Bonchev–Trinajstić information content (AvgIpc) is 3.39. The van der Waals surface area contributed by atoms with Crippen LogP contribution in [0.15, 0.2) is 34.9 Å². The molecule has 0 unspecified atom stereocenters. The Morgan fingerprint density at radius 1 is 1.29 bits per heavy atom. The maximum absolute atomic E-state index is 13.4. The van der Waals surface area contributed by atoms with Crippen molar-refractivity contribution < 1.29 is 27.2 Å². The van der Waals surface area contributed by atoms with E-state index >= 15 is 0 Å². The summed E-state index contributed by atoms with van der Waals surface area (Å²) in [5.74, 6) is -1.42. The molecule has 8 nitrogen and oxygen atoms in total. The van der Waals surface area contributed by atoms with Gasteiger partial charge in [0.2, 0.25) is 0 Å². The van der Waals surface area contributed by atoms with Gasteiger partial charge >= 0.3 is 6.18 Å². The minimum Gasteiger partial charge on any atom is -0.464 e. The van der Waals surface area contributed by atoms with Gasteiger partial charge in [0.25, 0.3) is 11.8 Å². The van der Waals surface area contributed by atoms with Gasteiger partial charge in [0.1, 0.15) is 26.9 Å². The number of primary amides is 1. The first kappa shape index (κ1) is 20.6. The molecule has 0 fully saturated rings. The topological polar surface area (TPSA) is 116 Å². The van der Waals surface area contributed by atoms with E-state index in [4.69, 9.17) is 10.2 Å². The number of furan rings is 1. The molecule has 0 aliphatic heterocycles. The van der Waals surface area contributed by atoms with Crippen molar-refractivity contribution in [2.24, 2.45) is 12.8 Å². The van der Waals surface area contributed by atoms with Gasteiger partial charge in [-0.1, -0.05) is 0 Å². The number of pyridine rings is 1. The number of hydrogen-bond donors (Lipinski definition) is 2. The summed E-state index contributed by atoms with van der Waals surface area (Å²) >= 11 is 0.656. The van der Waals surface area contributed by atoms with Gasteiger partial charge in [0.15, 0.2) is 0 Å². The lowest BCUT2D eigenvalue weighted by atomic mass is 10.1. The third-order valence-electron chi connectivity index (χ3n) is 4.44. The smallest absolute Gasteiger partial charge is 0.433 e. The summed E-state index contributed by atoms with van der Waals surface area (Å²) in [4.78, 5) is 28.3. The zero-order valence-corrected chi connectivity index (χ0v) is 16.9. The zero-order valence-electron chi connectivity index (χ0n) is 16.1. The first-order chi connectivity index (χ1) is 14.6. The second-order valence-corrected chi connectivity index (χ2v) is 7.63. The van der Waals surface area contributed by atoms with Gasteiger partial charge < -0.3 is 15.5 Å². The van der Waals surface area contributed by atoms with Crippen LogP contribution >= 0.6 is 11.3 Å². The number of alkyl halides is 3. The number of carbonyl (C=O) groups excluding carboxylic acids is 2. The number of nitrogens with zero attached hydrogens (tertiary/aromatic N) is 3. The lowest BCUT2D eigenvalue weighted by Crippen LogP contribution is -2.19. The van der Waals surface area contributed by atoms with Crippen LogP contribution < -0.4 is 11.1 Å². The highest BCUT2D eigenvalue weighted by atomic mass is 32.1. The summed E-state index contributed by atoms with van der Waals surface area (Å²) in [7, 11) is 1.56. The van der Waals surface area contributed by atoms with Crippen molar-refractivity contribution in [1.29, 1.82) is 0 Å². The second kappa shape index (κ2) is 7.23. The van der Waals surface area contributed by atoms with Crippen molar-refractivity contribution in [3.8, 4) is 11.3 Å². The number of rotatable bonds is 4. The summed E-state index contributed by atoms with van der Waals surface area (Å²) in [6, 6.07) is 5.31. The van der Waals surface area contributed by atoms with Crippen LogP contribution in [0.2, 0.25) is 0 Å². The molecule has 31 heavy (non-hydrogen) atoms.